The molecule has 0 saturated carbocycles. The van der Waals surface area contributed by atoms with Gasteiger partial charge in [-0.3, -0.25) is 0 Å². The zero-order chi connectivity index (χ0) is 16.6. The van der Waals surface area contributed by atoms with Gasteiger partial charge in [0.25, 0.3) is 11.8 Å². The first-order valence-corrected chi connectivity index (χ1v) is 7.78. The van der Waals surface area contributed by atoms with Crippen LogP contribution in [0.2, 0.25) is 5.02 Å². The normalized spacial score (nSPS) is 20.6. The molecule has 0 spiro atoms. The Balaban J connectivity index is 1.65. The third kappa shape index (κ3) is 2.50. The molecule has 1 fully saturated rings. The van der Waals surface area contributed by atoms with E-state index in [1.165, 1.54) is 0 Å². The Bertz CT molecular complexity index is 854. The number of hydrogen-bond acceptors (Lipinski definition) is 7. The van der Waals surface area contributed by atoms with Gasteiger partial charge in [0.05, 0.1) is 18.2 Å². The molecular formula is C16H14ClN3O4. The van der Waals surface area contributed by atoms with E-state index in [0.717, 1.165) is 5.56 Å². The van der Waals surface area contributed by atoms with Crippen molar-refractivity contribution in [3.63, 3.8) is 0 Å². The maximum atomic E-state index is 6.17. The van der Waals surface area contributed by atoms with Gasteiger partial charge in [0.2, 0.25) is 0 Å². The van der Waals surface area contributed by atoms with E-state index in [1.54, 1.807) is 19.2 Å². The lowest BCUT2D eigenvalue weighted by molar-refractivity contribution is -0.0407. The maximum Gasteiger partial charge on any atom is 0.270 e. The zero-order valence-electron chi connectivity index (χ0n) is 12.9. The summed E-state index contributed by atoms with van der Waals surface area (Å²) in [7, 11) is 1.60. The largest absolute Gasteiger partial charge is 0.416 e. The fourth-order valence-electron chi connectivity index (χ4n) is 2.64. The van der Waals surface area contributed by atoms with Crippen LogP contribution in [-0.4, -0.2) is 35.7 Å². The monoisotopic (exact) mass is 347 g/mol. The maximum absolute atomic E-state index is 6.17. The fourth-order valence-corrected chi connectivity index (χ4v) is 2.87. The van der Waals surface area contributed by atoms with Gasteiger partial charge < -0.3 is 18.4 Å². The molecule has 0 N–H and O–H groups in total. The molecule has 8 heteroatoms. The lowest BCUT2D eigenvalue weighted by atomic mass is 10.0. The van der Waals surface area contributed by atoms with Crippen LogP contribution in [0.5, 0.6) is 0 Å². The van der Waals surface area contributed by atoms with Gasteiger partial charge in [0.15, 0.2) is 17.1 Å². The average molecular weight is 348 g/mol. The summed E-state index contributed by atoms with van der Waals surface area (Å²) < 4.78 is 22.0. The molecule has 2 aromatic heterocycles. The Morgan fingerprint density at radius 1 is 1.25 bits per heavy atom. The molecule has 1 atom stereocenters. The molecule has 3 aromatic rings. The van der Waals surface area contributed by atoms with Crippen molar-refractivity contribution in [2.45, 2.75) is 12.0 Å². The number of hydrogen-bond donors (Lipinski definition) is 0. The number of methoxy groups -OCH3 is 1. The summed E-state index contributed by atoms with van der Waals surface area (Å²) in [6.45, 7) is 0.973. The molecule has 1 unspecified atom stereocenters. The van der Waals surface area contributed by atoms with Crippen LogP contribution in [0.3, 0.4) is 0 Å². The topological polar surface area (TPSA) is 83.4 Å². The van der Waals surface area contributed by atoms with Crippen LogP contribution in [0.25, 0.3) is 22.9 Å². The molecule has 7 nitrogen and oxygen atoms in total. The van der Waals surface area contributed by atoms with Crippen molar-refractivity contribution in [1.82, 2.24) is 15.4 Å². The van der Waals surface area contributed by atoms with E-state index < -0.39 is 5.60 Å². The molecule has 124 valence electrons. The zero-order valence-corrected chi connectivity index (χ0v) is 13.6. The first kappa shape index (κ1) is 15.3. The van der Waals surface area contributed by atoms with Gasteiger partial charge in [-0.15, -0.1) is 10.2 Å². The number of rotatable bonds is 4. The minimum atomic E-state index is -0.694. The van der Waals surface area contributed by atoms with Crippen molar-refractivity contribution in [2.75, 3.05) is 20.3 Å². The van der Waals surface area contributed by atoms with E-state index in [2.05, 4.69) is 15.4 Å². The first-order chi connectivity index (χ1) is 11.7. The van der Waals surface area contributed by atoms with E-state index in [0.29, 0.717) is 42.0 Å². The van der Waals surface area contributed by atoms with Gasteiger partial charge >= 0.3 is 0 Å². The van der Waals surface area contributed by atoms with Gasteiger partial charge in [0, 0.05) is 25.2 Å². The Labute approximate surface area is 142 Å². The van der Waals surface area contributed by atoms with Crippen LogP contribution >= 0.6 is 11.6 Å². The molecule has 0 amide bonds. The molecule has 1 aliphatic rings. The van der Waals surface area contributed by atoms with E-state index in [1.807, 2.05) is 18.2 Å². The molecule has 0 radical (unpaired) electrons. The second-order valence-electron chi connectivity index (χ2n) is 5.47. The van der Waals surface area contributed by atoms with Crippen molar-refractivity contribution in [3.8, 4) is 22.9 Å². The van der Waals surface area contributed by atoms with Crippen molar-refractivity contribution < 1.29 is 18.4 Å². The smallest absolute Gasteiger partial charge is 0.270 e. The third-order valence-corrected chi connectivity index (χ3v) is 4.39. The number of ether oxygens (including phenoxy) is 2. The highest BCUT2D eigenvalue weighted by Crippen LogP contribution is 2.35. The van der Waals surface area contributed by atoms with E-state index in [4.69, 9.17) is 30.0 Å². The minimum Gasteiger partial charge on any atom is -0.416 e. The second kappa shape index (κ2) is 6.01. The molecule has 0 aliphatic carbocycles. The molecular weight excluding hydrogens is 334 g/mol. The molecule has 3 heterocycles. The standard InChI is InChI=1S/C16H14ClN3O4/c1-21-16(6-7-22-9-16)15-19-18-14(23-15)12-8-13(24-20-12)10-4-2-3-5-11(10)17/h2-5,8H,6-7,9H2,1H3. The fraction of sp³-hybridized carbons (Fsp3) is 0.312. The number of nitrogens with zero attached hydrogens (tertiary/aromatic N) is 3. The lowest BCUT2D eigenvalue weighted by Gasteiger charge is -2.20. The Morgan fingerprint density at radius 2 is 2.12 bits per heavy atom. The molecule has 1 aromatic carbocycles. The summed E-state index contributed by atoms with van der Waals surface area (Å²) >= 11 is 6.17. The van der Waals surface area contributed by atoms with Crippen LogP contribution < -0.4 is 0 Å². The number of aromatic nitrogens is 3. The lowest BCUT2D eigenvalue weighted by Crippen LogP contribution is -2.29. The third-order valence-electron chi connectivity index (χ3n) is 4.06. The van der Waals surface area contributed by atoms with Crippen molar-refractivity contribution in [2.24, 2.45) is 0 Å². The van der Waals surface area contributed by atoms with Crippen LogP contribution in [0, 0.1) is 0 Å². The van der Waals surface area contributed by atoms with Gasteiger partial charge in [-0.25, -0.2) is 0 Å². The van der Waals surface area contributed by atoms with E-state index in [9.17, 15) is 0 Å². The highest BCUT2D eigenvalue weighted by molar-refractivity contribution is 6.33. The van der Waals surface area contributed by atoms with Crippen LogP contribution in [-0.2, 0) is 15.1 Å². The van der Waals surface area contributed by atoms with Gasteiger partial charge in [0.1, 0.15) is 0 Å². The van der Waals surface area contributed by atoms with Gasteiger partial charge in [-0.05, 0) is 12.1 Å². The summed E-state index contributed by atoms with van der Waals surface area (Å²) in [5, 5.41) is 12.7. The SMILES string of the molecule is COC1(c2nnc(-c3cc(-c4ccccc4Cl)on3)o2)CCOC1. The van der Waals surface area contributed by atoms with Crippen LogP contribution in [0.4, 0.5) is 0 Å². The van der Waals surface area contributed by atoms with Crippen LogP contribution in [0.15, 0.2) is 39.3 Å². The van der Waals surface area contributed by atoms with E-state index >= 15 is 0 Å². The Kier molecular flexibility index (Phi) is 3.84. The highest BCUT2D eigenvalue weighted by Gasteiger charge is 2.42. The predicted octanol–water partition coefficient (Wildman–Crippen LogP) is 3.31. The summed E-state index contributed by atoms with van der Waals surface area (Å²) in [5.41, 5.74) is 0.490. The predicted molar refractivity (Wildman–Crippen MR) is 84.4 cm³/mol. The number of benzene rings is 1. The highest BCUT2D eigenvalue weighted by atomic mass is 35.5. The Hall–Kier alpha value is -2.22. The quantitative estimate of drug-likeness (QED) is 0.715. The number of halogens is 1. The summed E-state index contributed by atoms with van der Waals surface area (Å²) in [6.07, 6.45) is 0.662. The summed E-state index contributed by atoms with van der Waals surface area (Å²) in [4.78, 5) is 0. The van der Waals surface area contributed by atoms with Gasteiger partial charge in [-0.2, -0.15) is 0 Å². The minimum absolute atomic E-state index is 0.260. The van der Waals surface area contributed by atoms with Crippen molar-refractivity contribution >= 4 is 11.6 Å². The second-order valence-corrected chi connectivity index (χ2v) is 5.88. The molecule has 24 heavy (non-hydrogen) atoms. The van der Waals surface area contributed by atoms with E-state index in [-0.39, 0.29) is 5.89 Å². The molecule has 1 aliphatic heterocycles. The summed E-state index contributed by atoms with van der Waals surface area (Å²) in [6, 6.07) is 9.06. The molecule has 4 rings (SSSR count). The summed E-state index contributed by atoms with van der Waals surface area (Å²) in [5.74, 6) is 1.16. The van der Waals surface area contributed by atoms with Gasteiger partial charge in [-0.1, -0.05) is 28.9 Å². The van der Waals surface area contributed by atoms with Crippen molar-refractivity contribution in [1.29, 1.82) is 0 Å². The molecule has 1 saturated heterocycles. The first-order valence-electron chi connectivity index (χ1n) is 7.41. The van der Waals surface area contributed by atoms with Crippen molar-refractivity contribution in [3.05, 3.63) is 41.2 Å². The average Bonchev–Trinajstić information content (AvgIpc) is 3.34. The Morgan fingerprint density at radius 3 is 2.88 bits per heavy atom. The molecule has 0 bridgehead atoms. The van der Waals surface area contributed by atoms with Crippen LogP contribution in [0.1, 0.15) is 12.3 Å².